The molecule has 0 heterocycles. The highest BCUT2D eigenvalue weighted by Crippen LogP contribution is 2.10. The Morgan fingerprint density at radius 1 is 0.920 bits per heavy atom. The van der Waals surface area contributed by atoms with Gasteiger partial charge in [-0.25, -0.2) is 0 Å². The molecule has 2 aromatic carbocycles. The largest absolute Gasteiger partial charge is 0.350 e. The van der Waals surface area contributed by atoms with Gasteiger partial charge in [0.05, 0.1) is 6.54 Å². The molecule has 0 bridgehead atoms. The smallest absolute Gasteiger partial charge is 0.251 e. The molecule has 0 spiro atoms. The van der Waals surface area contributed by atoms with Crippen molar-refractivity contribution in [3.63, 3.8) is 0 Å². The van der Waals surface area contributed by atoms with E-state index >= 15 is 0 Å². The number of carbonyl (C=O) groups is 2. The summed E-state index contributed by atoms with van der Waals surface area (Å²) in [6.07, 6.45) is 0. The molecule has 0 fully saturated rings. The molecule has 132 valence electrons. The molecule has 2 amide bonds. The van der Waals surface area contributed by atoms with Gasteiger partial charge in [0.25, 0.3) is 5.91 Å². The van der Waals surface area contributed by atoms with Gasteiger partial charge in [-0.1, -0.05) is 42.5 Å². The molecule has 5 nitrogen and oxygen atoms in total. The van der Waals surface area contributed by atoms with Gasteiger partial charge in [-0.05, 0) is 43.8 Å². The molecule has 0 radical (unpaired) electrons. The highest BCUT2D eigenvalue weighted by atomic mass is 16.2. The SMILES string of the molecule is Cc1ccccc1C(=O)NCC(=O)NCc1ccccc1CN(C)C. The van der Waals surface area contributed by atoms with E-state index in [1.54, 1.807) is 6.07 Å². The molecule has 0 aliphatic carbocycles. The fourth-order valence-electron chi connectivity index (χ4n) is 2.56. The predicted molar refractivity (Wildman–Crippen MR) is 99.2 cm³/mol. The Balaban J connectivity index is 1.85. The summed E-state index contributed by atoms with van der Waals surface area (Å²) in [4.78, 5) is 26.2. The summed E-state index contributed by atoms with van der Waals surface area (Å²) < 4.78 is 0. The van der Waals surface area contributed by atoms with E-state index in [1.165, 1.54) is 5.56 Å². The van der Waals surface area contributed by atoms with Gasteiger partial charge in [0.2, 0.25) is 5.91 Å². The van der Waals surface area contributed by atoms with Crippen LogP contribution in [0.15, 0.2) is 48.5 Å². The van der Waals surface area contributed by atoms with Crippen molar-refractivity contribution in [2.75, 3.05) is 20.6 Å². The van der Waals surface area contributed by atoms with Gasteiger partial charge in [-0.3, -0.25) is 9.59 Å². The summed E-state index contributed by atoms with van der Waals surface area (Å²) in [7, 11) is 4.02. The van der Waals surface area contributed by atoms with Gasteiger partial charge < -0.3 is 15.5 Å². The van der Waals surface area contributed by atoms with Crippen LogP contribution >= 0.6 is 0 Å². The minimum atomic E-state index is -0.235. The normalized spacial score (nSPS) is 10.6. The number of aryl methyl sites for hydroxylation is 1. The van der Waals surface area contributed by atoms with E-state index in [9.17, 15) is 9.59 Å². The lowest BCUT2D eigenvalue weighted by Gasteiger charge is -2.15. The van der Waals surface area contributed by atoms with Crippen LogP contribution in [0.25, 0.3) is 0 Å². The summed E-state index contributed by atoms with van der Waals surface area (Å²) in [5, 5.41) is 5.53. The minimum absolute atomic E-state index is 0.0387. The molecule has 0 unspecified atom stereocenters. The summed E-state index contributed by atoms with van der Waals surface area (Å²) in [6, 6.07) is 15.3. The number of amides is 2. The first kappa shape index (κ1) is 18.7. The van der Waals surface area contributed by atoms with E-state index in [2.05, 4.69) is 21.6 Å². The maximum Gasteiger partial charge on any atom is 0.251 e. The number of hydrogen-bond acceptors (Lipinski definition) is 3. The molecule has 2 rings (SSSR count). The van der Waals surface area contributed by atoms with Crippen LogP contribution < -0.4 is 10.6 Å². The summed E-state index contributed by atoms with van der Waals surface area (Å²) >= 11 is 0. The standard InChI is InChI=1S/C20H25N3O2/c1-15-8-4-7-11-18(15)20(25)22-13-19(24)21-12-16-9-5-6-10-17(16)14-23(2)3/h4-11H,12-14H2,1-3H3,(H,21,24)(H,22,25). The third-order valence-electron chi connectivity index (χ3n) is 3.88. The van der Waals surface area contributed by atoms with Gasteiger partial charge >= 0.3 is 0 Å². The van der Waals surface area contributed by atoms with Crippen LogP contribution in [0.5, 0.6) is 0 Å². The van der Waals surface area contributed by atoms with Crippen molar-refractivity contribution in [2.45, 2.75) is 20.0 Å². The van der Waals surface area contributed by atoms with Crippen LogP contribution in [0.4, 0.5) is 0 Å². The zero-order valence-corrected chi connectivity index (χ0v) is 15.0. The number of nitrogens with one attached hydrogen (secondary N) is 2. The Labute approximate surface area is 149 Å². The van der Waals surface area contributed by atoms with E-state index in [1.807, 2.05) is 57.4 Å². The van der Waals surface area contributed by atoms with Crippen LogP contribution in [0.3, 0.4) is 0 Å². The van der Waals surface area contributed by atoms with Crippen LogP contribution in [-0.2, 0) is 17.9 Å². The number of benzene rings is 2. The number of rotatable bonds is 7. The maximum atomic E-state index is 12.1. The maximum absolute atomic E-state index is 12.1. The first-order valence-electron chi connectivity index (χ1n) is 8.29. The second-order valence-corrected chi connectivity index (χ2v) is 6.28. The average Bonchev–Trinajstić information content (AvgIpc) is 2.59. The second-order valence-electron chi connectivity index (χ2n) is 6.28. The first-order valence-corrected chi connectivity index (χ1v) is 8.29. The highest BCUT2D eigenvalue weighted by Gasteiger charge is 2.10. The molecule has 0 aliphatic rings. The van der Waals surface area contributed by atoms with Gasteiger partial charge in [0.1, 0.15) is 0 Å². The van der Waals surface area contributed by atoms with Gasteiger partial charge in [-0.2, -0.15) is 0 Å². The Bertz CT molecular complexity index is 741. The Hall–Kier alpha value is -2.66. The molecule has 5 heteroatoms. The van der Waals surface area contributed by atoms with Gasteiger partial charge in [0.15, 0.2) is 0 Å². The van der Waals surface area contributed by atoms with Crippen molar-refractivity contribution >= 4 is 11.8 Å². The Morgan fingerprint density at radius 2 is 1.56 bits per heavy atom. The summed E-state index contributed by atoms with van der Waals surface area (Å²) in [5.74, 6) is -0.442. The first-order chi connectivity index (χ1) is 12.0. The van der Waals surface area contributed by atoms with Gasteiger partial charge in [-0.15, -0.1) is 0 Å². The lowest BCUT2D eigenvalue weighted by molar-refractivity contribution is -0.120. The van der Waals surface area contributed by atoms with Crippen LogP contribution in [0, 0.1) is 6.92 Å². The van der Waals surface area contributed by atoms with Crippen LogP contribution in [0.1, 0.15) is 27.0 Å². The zero-order chi connectivity index (χ0) is 18.2. The van der Waals surface area contributed by atoms with E-state index in [0.29, 0.717) is 12.1 Å². The fraction of sp³-hybridized carbons (Fsp3) is 0.300. The number of carbonyl (C=O) groups excluding carboxylic acids is 2. The van der Waals surface area contributed by atoms with E-state index in [-0.39, 0.29) is 18.4 Å². The molecule has 0 aliphatic heterocycles. The number of hydrogen-bond donors (Lipinski definition) is 2. The molecule has 0 aromatic heterocycles. The highest BCUT2D eigenvalue weighted by molar-refractivity contribution is 5.97. The van der Waals surface area contributed by atoms with E-state index in [0.717, 1.165) is 17.7 Å². The molecule has 2 aromatic rings. The topological polar surface area (TPSA) is 61.4 Å². The van der Waals surface area contributed by atoms with Crippen LogP contribution in [-0.4, -0.2) is 37.4 Å². The van der Waals surface area contributed by atoms with Crippen molar-refractivity contribution < 1.29 is 9.59 Å². The summed E-state index contributed by atoms with van der Waals surface area (Å²) in [6.45, 7) is 3.10. The Kier molecular flexibility index (Phi) is 6.71. The van der Waals surface area contributed by atoms with Crippen molar-refractivity contribution in [1.82, 2.24) is 15.5 Å². The molecular formula is C20H25N3O2. The average molecular weight is 339 g/mol. The molecule has 0 atom stereocenters. The predicted octanol–water partition coefficient (Wildman–Crippen LogP) is 2.10. The zero-order valence-electron chi connectivity index (χ0n) is 15.0. The van der Waals surface area contributed by atoms with Gasteiger partial charge in [0, 0.05) is 18.7 Å². The molecular weight excluding hydrogens is 314 g/mol. The van der Waals surface area contributed by atoms with Crippen molar-refractivity contribution in [3.8, 4) is 0 Å². The quantitative estimate of drug-likeness (QED) is 0.812. The third-order valence-corrected chi connectivity index (χ3v) is 3.88. The van der Waals surface area contributed by atoms with E-state index in [4.69, 9.17) is 0 Å². The monoisotopic (exact) mass is 339 g/mol. The lowest BCUT2D eigenvalue weighted by Crippen LogP contribution is -2.37. The van der Waals surface area contributed by atoms with Crippen molar-refractivity contribution in [2.24, 2.45) is 0 Å². The van der Waals surface area contributed by atoms with Crippen LogP contribution in [0.2, 0.25) is 0 Å². The fourth-order valence-corrected chi connectivity index (χ4v) is 2.56. The second kappa shape index (κ2) is 8.99. The van der Waals surface area contributed by atoms with Crippen molar-refractivity contribution in [3.05, 3.63) is 70.8 Å². The Morgan fingerprint density at radius 3 is 2.24 bits per heavy atom. The molecule has 0 saturated heterocycles. The molecule has 25 heavy (non-hydrogen) atoms. The number of nitrogens with zero attached hydrogens (tertiary/aromatic N) is 1. The molecule has 2 N–H and O–H groups in total. The minimum Gasteiger partial charge on any atom is -0.350 e. The van der Waals surface area contributed by atoms with E-state index < -0.39 is 0 Å². The van der Waals surface area contributed by atoms with Crippen molar-refractivity contribution in [1.29, 1.82) is 0 Å². The lowest BCUT2D eigenvalue weighted by atomic mass is 10.1. The third kappa shape index (κ3) is 5.72. The molecule has 0 saturated carbocycles. The summed E-state index contributed by atoms with van der Waals surface area (Å²) in [5.41, 5.74) is 3.73.